The Kier molecular flexibility index (Phi) is 5.82. The molecule has 0 amide bonds. The van der Waals surface area contributed by atoms with Crippen LogP contribution >= 0.6 is 11.6 Å². The summed E-state index contributed by atoms with van der Waals surface area (Å²) in [5, 5.41) is 3.19. The molecule has 0 aliphatic heterocycles. The fraction of sp³-hybridized carbons (Fsp3) is 0.750. The smallest absolute Gasteiger partial charge is 0.312 e. The van der Waals surface area contributed by atoms with E-state index in [-0.39, 0.29) is 11.1 Å². The highest BCUT2D eigenvalue weighted by Crippen LogP contribution is 2.08. The molecule has 0 aliphatic rings. The first kappa shape index (κ1) is 16.1. The summed E-state index contributed by atoms with van der Waals surface area (Å²) in [4.78, 5) is 9.83. The van der Waals surface area contributed by atoms with Crippen LogP contribution in [0.5, 0.6) is 0 Å². The third-order valence-electron chi connectivity index (χ3n) is 1.39. The van der Waals surface area contributed by atoms with Gasteiger partial charge in [-0.05, 0) is 48.5 Å². The van der Waals surface area contributed by atoms with Gasteiger partial charge in [-0.3, -0.25) is 0 Å². The molecule has 5 heteroatoms. The molecule has 2 N–H and O–H groups in total. The SMILES string of the molecule is CC(=CCl)NOC(=NC(C)(C)C)NC(C)(C)C. The van der Waals surface area contributed by atoms with Crippen molar-refractivity contribution in [1.29, 1.82) is 0 Å². The van der Waals surface area contributed by atoms with Crippen LogP contribution in [0.1, 0.15) is 48.5 Å². The van der Waals surface area contributed by atoms with Crippen LogP contribution in [0, 0.1) is 0 Å². The van der Waals surface area contributed by atoms with E-state index in [9.17, 15) is 0 Å². The summed E-state index contributed by atoms with van der Waals surface area (Å²) in [5.41, 5.74) is 4.50. The van der Waals surface area contributed by atoms with E-state index < -0.39 is 0 Å². The van der Waals surface area contributed by atoms with Crippen LogP contribution < -0.4 is 10.8 Å². The zero-order valence-electron chi connectivity index (χ0n) is 11.8. The van der Waals surface area contributed by atoms with Crippen molar-refractivity contribution >= 4 is 17.6 Å². The zero-order valence-corrected chi connectivity index (χ0v) is 12.6. The average Bonchev–Trinajstić information content (AvgIpc) is 2.08. The van der Waals surface area contributed by atoms with E-state index >= 15 is 0 Å². The van der Waals surface area contributed by atoms with Crippen molar-refractivity contribution in [2.45, 2.75) is 59.5 Å². The van der Waals surface area contributed by atoms with Gasteiger partial charge in [0.15, 0.2) is 0 Å². The standard InChI is InChI=1S/C12H24ClN3O/c1-9(8-13)16-17-10(14-11(2,3)4)15-12(5,6)7/h8,16H,1-7H3,(H,14,15). The molecule has 4 nitrogen and oxygen atoms in total. The van der Waals surface area contributed by atoms with Crippen LogP contribution in [0.3, 0.4) is 0 Å². The van der Waals surface area contributed by atoms with E-state index in [0.29, 0.717) is 11.7 Å². The lowest BCUT2D eigenvalue weighted by molar-refractivity contribution is 0.191. The second-order valence-electron chi connectivity index (χ2n) is 5.96. The van der Waals surface area contributed by atoms with E-state index in [0.717, 1.165) is 0 Å². The maximum Gasteiger partial charge on any atom is 0.312 e. The van der Waals surface area contributed by atoms with Gasteiger partial charge in [-0.2, -0.15) is 0 Å². The number of amidine groups is 1. The molecular weight excluding hydrogens is 238 g/mol. The number of halogens is 1. The molecule has 0 saturated heterocycles. The van der Waals surface area contributed by atoms with E-state index in [4.69, 9.17) is 16.4 Å². The largest absolute Gasteiger partial charge is 0.343 e. The fourth-order valence-electron chi connectivity index (χ4n) is 0.853. The molecule has 0 saturated carbocycles. The highest BCUT2D eigenvalue weighted by molar-refractivity contribution is 6.25. The fourth-order valence-corrected chi connectivity index (χ4v) is 0.897. The van der Waals surface area contributed by atoms with Crippen molar-refractivity contribution in [3.63, 3.8) is 0 Å². The van der Waals surface area contributed by atoms with Crippen molar-refractivity contribution in [2.24, 2.45) is 4.99 Å². The Morgan fingerprint density at radius 1 is 1.18 bits per heavy atom. The maximum atomic E-state index is 5.54. The quantitative estimate of drug-likeness (QED) is 0.456. The number of hydrogen-bond acceptors (Lipinski definition) is 3. The lowest BCUT2D eigenvalue weighted by atomic mass is 10.1. The minimum atomic E-state index is -0.214. The minimum Gasteiger partial charge on any atom is -0.343 e. The first-order valence-electron chi connectivity index (χ1n) is 5.61. The van der Waals surface area contributed by atoms with Crippen molar-refractivity contribution in [3.8, 4) is 0 Å². The Bertz CT molecular complexity index is 298. The number of rotatable bonds is 2. The van der Waals surface area contributed by atoms with E-state index in [2.05, 4.69) is 15.8 Å². The Hall–Kier alpha value is -0.900. The number of nitrogens with zero attached hydrogens (tertiary/aromatic N) is 1. The molecule has 0 atom stereocenters. The molecule has 0 aromatic carbocycles. The molecule has 0 heterocycles. The van der Waals surface area contributed by atoms with Crippen LogP contribution in [-0.2, 0) is 4.84 Å². The van der Waals surface area contributed by atoms with Gasteiger partial charge >= 0.3 is 6.02 Å². The summed E-state index contributed by atoms with van der Waals surface area (Å²) in [6.07, 6.45) is 0. The highest BCUT2D eigenvalue weighted by atomic mass is 35.5. The summed E-state index contributed by atoms with van der Waals surface area (Å²) in [5.74, 6) is 0. The van der Waals surface area contributed by atoms with Crippen molar-refractivity contribution < 1.29 is 4.84 Å². The first-order chi connectivity index (χ1) is 7.53. The number of hydrogen-bond donors (Lipinski definition) is 2. The predicted molar refractivity (Wildman–Crippen MR) is 73.9 cm³/mol. The van der Waals surface area contributed by atoms with E-state index in [1.165, 1.54) is 5.54 Å². The van der Waals surface area contributed by atoms with Crippen LogP contribution in [0.2, 0.25) is 0 Å². The van der Waals surface area contributed by atoms with Crippen LogP contribution in [0.4, 0.5) is 0 Å². The molecule has 0 radical (unpaired) electrons. The van der Waals surface area contributed by atoms with Gasteiger partial charge in [0.2, 0.25) is 0 Å². The first-order valence-corrected chi connectivity index (χ1v) is 6.05. The third kappa shape index (κ3) is 10.00. The Morgan fingerprint density at radius 2 is 1.71 bits per heavy atom. The summed E-state index contributed by atoms with van der Waals surface area (Å²) in [6, 6.07) is 0.447. The Balaban J connectivity index is 4.70. The minimum absolute atomic E-state index is 0.121. The molecule has 0 aliphatic carbocycles. The Morgan fingerprint density at radius 3 is 2.06 bits per heavy atom. The average molecular weight is 262 g/mol. The summed E-state index contributed by atoms with van der Waals surface area (Å²) >= 11 is 5.54. The summed E-state index contributed by atoms with van der Waals surface area (Å²) < 4.78 is 0. The number of hydroxylamine groups is 1. The van der Waals surface area contributed by atoms with Gasteiger partial charge in [-0.15, -0.1) is 0 Å². The van der Waals surface area contributed by atoms with E-state index in [1.54, 1.807) is 6.92 Å². The van der Waals surface area contributed by atoms with Gasteiger partial charge in [0.25, 0.3) is 0 Å². The lowest BCUT2D eigenvalue weighted by Gasteiger charge is -2.25. The van der Waals surface area contributed by atoms with Crippen LogP contribution in [0.15, 0.2) is 16.2 Å². The molecule has 17 heavy (non-hydrogen) atoms. The van der Waals surface area contributed by atoms with Crippen LogP contribution in [0.25, 0.3) is 0 Å². The predicted octanol–water partition coefficient (Wildman–Crippen LogP) is 3.15. The summed E-state index contributed by atoms with van der Waals surface area (Å²) in [7, 11) is 0. The number of allylic oxidation sites excluding steroid dienone is 1. The zero-order chi connectivity index (χ0) is 13.7. The molecule has 0 rings (SSSR count). The van der Waals surface area contributed by atoms with Crippen molar-refractivity contribution in [3.05, 3.63) is 11.2 Å². The number of aliphatic imine (C=N–C) groups is 1. The second kappa shape index (κ2) is 6.15. The second-order valence-corrected chi connectivity index (χ2v) is 6.18. The molecule has 0 bridgehead atoms. The monoisotopic (exact) mass is 261 g/mol. The third-order valence-corrected chi connectivity index (χ3v) is 1.72. The molecule has 100 valence electrons. The maximum absolute atomic E-state index is 5.54. The van der Waals surface area contributed by atoms with Crippen molar-refractivity contribution in [1.82, 2.24) is 10.8 Å². The molecule has 0 unspecified atom stereocenters. The molecule has 0 fully saturated rings. The van der Waals surface area contributed by atoms with Crippen molar-refractivity contribution in [2.75, 3.05) is 0 Å². The normalized spacial score (nSPS) is 14.6. The molecule has 0 spiro atoms. The molecule has 0 aromatic rings. The van der Waals surface area contributed by atoms with Crippen LogP contribution in [-0.4, -0.2) is 17.1 Å². The van der Waals surface area contributed by atoms with Gasteiger partial charge in [-0.1, -0.05) is 11.6 Å². The highest BCUT2D eigenvalue weighted by Gasteiger charge is 2.17. The van der Waals surface area contributed by atoms with Gasteiger partial charge in [0.05, 0.1) is 11.2 Å². The molecular formula is C12H24ClN3O. The van der Waals surface area contributed by atoms with Gasteiger partial charge in [-0.25, -0.2) is 10.5 Å². The van der Waals surface area contributed by atoms with Gasteiger partial charge < -0.3 is 10.2 Å². The lowest BCUT2D eigenvalue weighted by Crippen LogP contribution is -2.44. The topological polar surface area (TPSA) is 45.6 Å². The van der Waals surface area contributed by atoms with E-state index in [1.807, 2.05) is 41.5 Å². The van der Waals surface area contributed by atoms with Gasteiger partial charge in [0.1, 0.15) is 0 Å². The molecule has 0 aromatic heterocycles. The summed E-state index contributed by atoms with van der Waals surface area (Å²) in [6.45, 7) is 13.9. The number of nitrogens with one attached hydrogen (secondary N) is 2. The van der Waals surface area contributed by atoms with Gasteiger partial charge in [0, 0.05) is 11.1 Å². The Labute approximate surface area is 109 Å².